The van der Waals surface area contributed by atoms with Crippen molar-refractivity contribution in [1.82, 2.24) is 5.43 Å². The van der Waals surface area contributed by atoms with Crippen molar-refractivity contribution in [3.8, 4) is 11.5 Å². The van der Waals surface area contributed by atoms with Crippen molar-refractivity contribution < 1.29 is 22.7 Å². The molecule has 0 unspecified atom stereocenters. The zero-order chi connectivity index (χ0) is 25.9. The highest BCUT2D eigenvalue weighted by molar-refractivity contribution is 9.10. The molecule has 1 heterocycles. The van der Waals surface area contributed by atoms with Crippen molar-refractivity contribution in [2.24, 2.45) is 5.10 Å². The van der Waals surface area contributed by atoms with Gasteiger partial charge in [0.05, 0.1) is 16.8 Å². The van der Waals surface area contributed by atoms with E-state index in [1.807, 2.05) is 19.1 Å². The number of hydrazone groups is 1. The quantitative estimate of drug-likeness (QED) is 0.304. The second kappa shape index (κ2) is 10.7. The molecule has 0 saturated carbocycles. The third-order valence-electron chi connectivity index (χ3n) is 5.63. The summed E-state index contributed by atoms with van der Waals surface area (Å²) >= 11 is 3.43. The van der Waals surface area contributed by atoms with Gasteiger partial charge in [0.15, 0.2) is 11.5 Å². The van der Waals surface area contributed by atoms with Gasteiger partial charge in [-0.1, -0.05) is 43.7 Å². The van der Waals surface area contributed by atoms with Gasteiger partial charge in [0.25, 0.3) is 15.9 Å². The van der Waals surface area contributed by atoms with Gasteiger partial charge >= 0.3 is 0 Å². The van der Waals surface area contributed by atoms with Gasteiger partial charge in [-0.25, -0.2) is 13.8 Å². The fourth-order valence-corrected chi connectivity index (χ4v) is 5.40. The standard InChI is InChI=1S/C26H26BrN3O5S/c1-17(2)19-6-8-21(9-7-19)30(36(32,33)22-10-4-18(3)5-11-22)15-26(31)29-28-14-20-12-24-25(13-23(20)27)35-16-34-24/h4-14,17H,15-16H2,1-3H3,(H,29,31)/b28-14-. The van der Waals surface area contributed by atoms with Crippen LogP contribution < -0.4 is 19.2 Å². The van der Waals surface area contributed by atoms with Crippen LogP contribution in [0.25, 0.3) is 0 Å². The van der Waals surface area contributed by atoms with Crippen LogP contribution in [0.15, 0.2) is 75.1 Å². The summed E-state index contributed by atoms with van der Waals surface area (Å²) in [5.41, 5.74) is 5.47. The first kappa shape index (κ1) is 25.7. The lowest BCUT2D eigenvalue weighted by Crippen LogP contribution is -2.39. The highest BCUT2D eigenvalue weighted by Crippen LogP contribution is 2.36. The molecule has 0 saturated heterocycles. The largest absolute Gasteiger partial charge is 0.454 e. The van der Waals surface area contributed by atoms with Crippen molar-refractivity contribution in [3.05, 3.63) is 81.8 Å². The van der Waals surface area contributed by atoms with Crippen molar-refractivity contribution in [1.29, 1.82) is 0 Å². The molecule has 10 heteroatoms. The number of carbonyl (C=O) groups is 1. The topological polar surface area (TPSA) is 97.3 Å². The van der Waals surface area contributed by atoms with Crippen molar-refractivity contribution in [3.63, 3.8) is 0 Å². The molecule has 0 bridgehead atoms. The predicted octanol–water partition coefficient (Wildman–Crippen LogP) is 4.96. The summed E-state index contributed by atoms with van der Waals surface area (Å²) in [5, 5.41) is 4.01. The van der Waals surface area contributed by atoms with E-state index < -0.39 is 22.5 Å². The average molecular weight is 572 g/mol. The number of benzene rings is 3. The van der Waals surface area contributed by atoms with E-state index >= 15 is 0 Å². The third-order valence-corrected chi connectivity index (χ3v) is 8.10. The van der Waals surface area contributed by atoms with E-state index in [-0.39, 0.29) is 17.6 Å². The van der Waals surface area contributed by atoms with Crippen LogP contribution in [0.4, 0.5) is 5.69 Å². The molecule has 3 aromatic rings. The number of halogens is 1. The van der Waals surface area contributed by atoms with Gasteiger partial charge in [-0.15, -0.1) is 0 Å². The first-order chi connectivity index (χ1) is 17.1. The van der Waals surface area contributed by atoms with E-state index in [2.05, 4.69) is 40.3 Å². The normalized spacial score (nSPS) is 12.8. The Balaban J connectivity index is 1.56. The molecule has 1 N–H and O–H groups in total. The molecule has 8 nitrogen and oxygen atoms in total. The summed E-state index contributed by atoms with van der Waals surface area (Å²) in [5.74, 6) is 0.885. The summed E-state index contributed by atoms with van der Waals surface area (Å²) in [6.07, 6.45) is 1.44. The maximum atomic E-state index is 13.5. The molecule has 0 atom stereocenters. The van der Waals surface area contributed by atoms with E-state index in [9.17, 15) is 13.2 Å². The summed E-state index contributed by atoms with van der Waals surface area (Å²) in [7, 11) is -4.01. The van der Waals surface area contributed by atoms with Gasteiger partial charge in [0.1, 0.15) is 6.54 Å². The van der Waals surface area contributed by atoms with Crippen LogP contribution in [-0.2, 0) is 14.8 Å². The van der Waals surface area contributed by atoms with Crippen LogP contribution in [-0.4, -0.2) is 33.9 Å². The lowest BCUT2D eigenvalue weighted by atomic mass is 10.0. The molecule has 36 heavy (non-hydrogen) atoms. The minimum absolute atomic E-state index is 0.0987. The Hall–Kier alpha value is -3.37. The molecule has 1 aliphatic heterocycles. The van der Waals surface area contributed by atoms with Crippen LogP contribution in [0.1, 0.15) is 36.5 Å². The zero-order valence-electron chi connectivity index (χ0n) is 20.1. The maximum absolute atomic E-state index is 13.5. The number of hydrogen-bond donors (Lipinski definition) is 1. The number of hydrogen-bond acceptors (Lipinski definition) is 6. The van der Waals surface area contributed by atoms with Crippen LogP contribution in [0.3, 0.4) is 0 Å². The lowest BCUT2D eigenvalue weighted by molar-refractivity contribution is -0.119. The highest BCUT2D eigenvalue weighted by Gasteiger charge is 2.27. The molecule has 1 amide bonds. The molecule has 4 rings (SSSR count). The fraction of sp³-hybridized carbons (Fsp3) is 0.231. The number of nitrogens with one attached hydrogen (secondary N) is 1. The third kappa shape index (κ3) is 5.71. The van der Waals surface area contributed by atoms with Gasteiger partial charge in [0, 0.05) is 10.0 Å². The Labute approximate surface area is 219 Å². The molecular weight excluding hydrogens is 546 g/mol. The molecule has 0 aliphatic carbocycles. The molecular formula is C26H26BrN3O5S. The first-order valence-corrected chi connectivity index (χ1v) is 13.5. The maximum Gasteiger partial charge on any atom is 0.264 e. The summed E-state index contributed by atoms with van der Waals surface area (Å²) in [6.45, 7) is 5.68. The smallest absolute Gasteiger partial charge is 0.264 e. The highest BCUT2D eigenvalue weighted by atomic mass is 79.9. The Morgan fingerprint density at radius 1 is 1.08 bits per heavy atom. The van der Waals surface area contributed by atoms with E-state index in [1.165, 1.54) is 18.3 Å². The minimum atomic E-state index is -4.01. The number of ether oxygens (including phenoxy) is 2. The fourth-order valence-electron chi connectivity index (χ4n) is 3.55. The second-order valence-electron chi connectivity index (χ2n) is 8.59. The van der Waals surface area contributed by atoms with E-state index in [0.29, 0.717) is 27.2 Å². The molecule has 0 spiro atoms. The number of aryl methyl sites for hydroxylation is 1. The molecule has 0 aromatic heterocycles. The Bertz CT molecular complexity index is 1390. The molecule has 3 aromatic carbocycles. The van der Waals surface area contributed by atoms with Crippen molar-refractivity contribution in [2.75, 3.05) is 17.6 Å². The number of sulfonamides is 1. The number of nitrogens with zero attached hydrogens (tertiary/aromatic N) is 2. The summed E-state index contributed by atoms with van der Waals surface area (Å²) in [4.78, 5) is 12.9. The lowest BCUT2D eigenvalue weighted by Gasteiger charge is -2.24. The zero-order valence-corrected chi connectivity index (χ0v) is 22.5. The average Bonchev–Trinajstić information content (AvgIpc) is 3.30. The van der Waals surface area contributed by atoms with E-state index in [1.54, 1.807) is 36.4 Å². The Morgan fingerprint density at radius 3 is 2.36 bits per heavy atom. The number of rotatable bonds is 8. The molecule has 0 radical (unpaired) electrons. The van der Waals surface area contributed by atoms with Crippen LogP contribution in [0.5, 0.6) is 11.5 Å². The Kier molecular flexibility index (Phi) is 7.65. The molecule has 188 valence electrons. The van der Waals surface area contributed by atoms with Gasteiger partial charge in [0.2, 0.25) is 6.79 Å². The number of amides is 1. The van der Waals surface area contributed by atoms with Crippen molar-refractivity contribution in [2.45, 2.75) is 31.6 Å². The van der Waals surface area contributed by atoms with E-state index in [4.69, 9.17) is 9.47 Å². The molecule has 0 fully saturated rings. The van der Waals surface area contributed by atoms with Crippen LogP contribution in [0, 0.1) is 6.92 Å². The van der Waals surface area contributed by atoms with E-state index in [0.717, 1.165) is 15.4 Å². The van der Waals surface area contributed by atoms with Gasteiger partial charge in [-0.2, -0.15) is 5.10 Å². The first-order valence-electron chi connectivity index (χ1n) is 11.3. The van der Waals surface area contributed by atoms with Gasteiger partial charge < -0.3 is 9.47 Å². The minimum Gasteiger partial charge on any atom is -0.454 e. The predicted molar refractivity (Wildman–Crippen MR) is 142 cm³/mol. The molecule has 1 aliphatic rings. The summed E-state index contributed by atoms with van der Waals surface area (Å²) in [6, 6.07) is 17.1. The van der Waals surface area contributed by atoms with Crippen molar-refractivity contribution >= 4 is 43.8 Å². The number of carbonyl (C=O) groups excluding carboxylic acids is 1. The van der Waals surface area contributed by atoms with Gasteiger partial charge in [-0.05, 0) is 70.7 Å². The number of anilines is 1. The number of fused-ring (bicyclic) bond motifs is 1. The Morgan fingerprint density at radius 2 is 1.72 bits per heavy atom. The monoisotopic (exact) mass is 571 g/mol. The second-order valence-corrected chi connectivity index (χ2v) is 11.3. The summed E-state index contributed by atoms with van der Waals surface area (Å²) < 4.78 is 39.5. The van der Waals surface area contributed by atoms with Crippen LogP contribution >= 0.6 is 15.9 Å². The van der Waals surface area contributed by atoms with Gasteiger partial charge in [-0.3, -0.25) is 9.10 Å². The SMILES string of the molecule is Cc1ccc(S(=O)(=O)N(CC(=O)N/N=C\c2cc3c(cc2Br)OCO3)c2ccc(C(C)C)cc2)cc1. The van der Waals surface area contributed by atoms with Crippen LogP contribution in [0.2, 0.25) is 0 Å².